The highest BCUT2D eigenvalue weighted by molar-refractivity contribution is 7.91. The van der Waals surface area contributed by atoms with Gasteiger partial charge in [-0.3, -0.25) is 14.7 Å². The van der Waals surface area contributed by atoms with Gasteiger partial charge in [0.15, 0.2) is 9.84 Å². The lowest BCUT2D eigenvalue weighted by Gasteiger charge is -2.44. The molecule has 7 heteroatoms. The zero-order valence-corrected chi connectivity index (χ0v) is 17.4. The summed E-state index contributed by atoms with van der Waals surface area (Å²) in [6.07, 6.45) is 1.76. The highest BCUT2D eigenvalue weighted by Crippen LogP contribution is 2.69. The third kappa shape index (κ3) is 2.99. The first kappa shape index (κ1) is 18.9. The monoisotopic (exact) mass is 391 g/mol. The summed E-state index contributed by atoms with van der Waals surface area (Å²) in [5.74, 6) is 0.312. The van der Waals surface area contributed by atoms with Gasteiger partial charge in [0.05, 0.1) is 23.2 Å². The zero-order chi connectivity index (χ0) is 19.6. The number of pyridine rings is 1. The number of aromatic nitrogens is 1. The topological polar surface area (TPSA) is 70.6 Å². The third-order valence-electron chi connectivity index (χ3n) is 7.43. The van der Waals surface area contributed by atoms with Crippen LogP contribution in [-0.4, -0.2) is 65.8 Å². The molecule has 2 saturated heterocycles. The second-order valence-corrected chi connectivity index (χ2v) is 11.6. The van der Waals surface area contributed by atoms with Gasteiger partial charge < -0.3 is 4.90 Å². The van der Waals surface area contributed by atoms with Crippen LogP contribution in [0.1, 0.15) is 33.4 Å². The molecule has 0 radical (unpaired) electrons. The molecule has 1 amide bonds. The predicted octanol–water partition coefficient (Wildman–Crippen LogP) is 1.57. The van der Waals surface area contributed by atoms with Crippen molar-refractivity contribution in [3.05, 3.63) is 30.1 Å². The summed E-state index contributed by atoms with van der Waals surface area (Å²) in [5, 5.41) is 0. The number of nitrogens with zero attached hydrogens (tertiary/aromatic N) is 3. The smallest absolute Gasteiger partial charge is 0.227 e. The van der Waals surface area contributed by atoms with Crippen molar-refractivity contribution < 1.29 is 13.2 Å². The van der Waals surface area contributed by atoms with Gasteiger partial charge in [-0.15, -0.1) is 0 Å². The fraction of sp³-hybridized carbons (Fsp3) is 0.700. The van der Waals surface area contributed by atoms with Crippen LogP contribution in [0.3, 0.4) is 0 Å². The Bertz CT molecular complexity index is 836. The normalized spacial score (nSPS) is 31.5. The lowest BCUT2D eigenvalue weighted by atomic mass is 10.0. The number of hydrogen-bond donors (Lipinski definition) is 0. The number of rotatable bonds is 3. The van der Waals surface area contributed by atoms with Crippen LogP contribution in [0.15, 0.2) is 24.4 Å². The molecule has 27 heavy (non-hydrogen) atoms. The van der Waals surface area contributed by atoms with Crippen LogP contribution in [0.2, 0.25) is 0 Å². The van der Waals surface area contributed by atoms with Crippen molar-refractivity contribution in [2.45, 2.75) is 46.3 Å². The molecule has 0 N–H and O–H groups in total. The number of fused-ring (bicyclic) bond motifs is 1. The number of carbonyl (C=O) groups excluding carboxylic acids is 1. The van der Waals surface area contributed by atoms with Crippen molar-refractivity contribution in [1.82, 2.24) is 14.8 Å². The molecule has 6 nitrogen and oxygen atoms in total. The molecule has 0 spiro atoms. The minimum atomic E-state index is -3.14. The Morgan fingerprint density at radius 2 is 1.78 bits per heavy atom. The summed E-state index contributed by atoms with van der Waals surface area (Å²) in [6, 6.07) is 5.40. The molecule has 0 bridgehead atoms. The average Bonchev–Trinajstić information content (AvgIpc) is 2.84. The van der Waals surface area contributed by atoms with Crippen molar-refractivity contribution in [2.75, 3.05) is 24.6 Å². The van der Waals surface area contributed by atoms with Gasteiger partial charge in [-0.2, -0.15) is 0 Å². The van der Waals surface area contributed by atoms with Crippen molar-refractivity contribution in [2.24, 2.45) is 16.7 Å². The van der Waals surface area contributed by atoms with Crippen LogP contribution >= 0.6 is 0 Å². The average molecular weight is 392 g/mol. The first-order chi connectivity index (χ1) is 12.5. The summed E-state index contributed by atoms with van der Waals surface area (Å²) < 4.78 is 24.8. The molecule has 3 heterocycles. The van der Waals surface area contributed by atoms with Crippen LogP contribution in [-0.2, 0) is 21.2 Å². The number of piperazine rings is 1. The fourth-order valence-corrected chi connectivity index (χ4v) is 7.19. The maximum Gasteiger partial charge on any atom is 0.227 e. The van der Waals surface area contributed by atoms with Gasteiger partial charge >= 0.3 is 0 Å². The van der Waals surface area contributed by atoms with E-state index in [-0.39, 0.29) is 46.2 Å². The fourth-order valence-electron chi connectivity index (χ4n) is 5.17. The van der Waals surface area contributed by atoms with Gasteiger partial charge in [0, 0.05) is 37.8 Å². The zero-order valence-electron chi connectivity index (χ0n) is 16.6. The van der Waals surface area contributed by atoms with E-state index in [1.807, 2.05) is 23.1 Å². The first-order valence-corrected chi connectivity index (χ1v) is 11.5. The van der Waals surface area contributed by atoms with E-state index in [9.17, 15) is 13.2 Å². The standard InChI is InChI=1S/C20H29N3O3S/c1-19(2)17(20(19,3)4)18(24)23-10-9-22(11-14-7-5-6-8-21-14)15-12-27(25,26)13-16(15)23/h5-8,15-17H,9-13H2,1-4H3/t15-,16+/m1/s1. The molecular weight excluding hydrogens is 362 g/mol. The van der Waals surface area contributed by atoms with Gasteiger partial charge in [0.2, 0.25) is 5.91 Å². The Kier molecular flexibility index (Phi) is 4.20. The van der Waals surface area contributed by atoms with Crippen molar-refractivity contribution in [3.8, 4) is 0 Å². The first-order valence-electron chi connectivity index (χ1n) is 9.69. The number of amides is 1. The Morgan fingerprint density at radius 3 is 2.37 bits per heavy atom. The minimum Gasteiger partial charge on any atom is -0.336 e. The van der Waals surface area contributed by atoms with Crippen LogP contribution < -0.4 is 0 Å². The second-order valence-electron chi connectivity index (χ2n) is 9.41. The van der Waals surface area contributed by atoms with E-state index in [1.54, 1.807) is 6.20 Å². The van der Waals surface area contributed by atoms with Crippen molar-refractivity contribution in [3.63, 3.8) is 0 Å². The molecule has 0 aromatic carbocycles. The summed E-state index contributed by atoms with van der Waals surface area (Å²) in [4.78, 5) is 21.8. The molecule has 3 fully saturated rings. The van der Waals surface area contributed by atoms with Gasteiger partial charge in [-0.25, -0.2) is 8.42 Å². The summed E-state index contributed by atoms with van der Waals surface area (Å²) in [5.41, 5.74) is 0.856. The Morgan fingerprint density at radius 1 is 1.11 bits per heavy atom. The molecular formula is C20H29N3O3S. The van der Waals surface area contributed by atoms with Crippen LogP contribution in [0.5, 0.6) is 0 Å². The number of sulfone groups is 1. The van der Waals surface area contributed by atoms with E-state index < -0.39 is 9.84 Å². The second kappa shape index (κ2) is 6.01. The number of hydrogen-bond acceptors (Lipinski definition) is 5. The number of carbonyl (C=O) groups is 1. The van der Waals surface area contributed by atoms with Crippen molar-refractivity contribution in [1.29, 1.82) is 0 Å². The molecule has 0 unspecified atom stereocenters. The van der Waals surface area contributed by atoms with E-state index in [0.29, 0.717) is 19.6 Å². The lowest BCUT2D eigenvalue weighted by molar-refractivity contribution is -0.139. The summed E-state index contributed by atoms with van der Waals surface area (Å²) in [7, 11) is -3.14. The van der Waals surface area contributed by atoms with Gasteiger partial charge in [-0.1, -0.05) is 33.8 Å². The van der Waals surface area contributed by atoms with E-state index >= 15 is 0 Å². The molecule has 1 aromatic heterocycles. The van der Waals surface area contributed by atoms with Gasteiger partial charge in [-0.05, 0) is 23.0 Å². The minimum absolute atomic E-state index is 0.0312. The maximum atomic E-state index is 13.3. The molecule has 1 saturated carbocycles. The van der Waals surface area contributed by atoms with Gasteiger partial charge in [0.25, 0.3) is 0 Å². The maximum absolute atomic E-state index is 13.3. The summed E-state index contributed by atoms with van der Waals surface area (Å²) in [6.45, 7) is 10.4. The molecule has 3 aliphatic rings. The van der Waals surface area contributed by atoms with E-state index in [1.165, 1.54) is 0 Å². The van der Waals surface area contributed by atoms with Crippen LogP contribution in [0.25, 0.3) is 0 Å². The summed E-state index contributed by atoms with van der Waals surface area (Å²) >= 11 is 0. The van der Waals surface area contributed by atoms with E-state index in [4.69, 9.17) is 0 Å². The largest absolute Gasteiger partial charge is 0.336 e. The highest BCUT2D eigenvalue weighted by Gasteiger charge is 2.69. The molecule has 4 rings (SSSR count). The SMILES string of the molecule is CC1(C)C(C(=O)N2CCN(Cc3ccccn3)[C@@H]3CS(=O)(=O)C[C@@H]32)C1(C)C. The predicted molar refractivity (Wildman–Crippen MR) is 104 cm³/mol. The molecule has 1 aromatic rings. The molecule has 2 aliphatic heterocycles. The Balaban J connectivity index is 1.57. The van der Waals surface area contributed by atoms with Crippen LogP contribution in [0, 0.1) is 16.7 Å². The van der Waals surface area contributed by atoms with Crippen LogP contribution in [0.4, 0.5) is 0 Å². The lowest BCUT2D eigenvalue weighted by Crippen LogP contribution is -2.60. The van der Waals surface area contributed by atoms with Crippen molar-refractivity contribution >= 4 is 15.7 Å². The Hall–Kier alpha value is -1.47. The highest BCUT2D eigenvalue weighted by atomic mass is 32.2. The van der Waals surface area contributed by atoms with Gasteiger partial charge in [0.1, 0.15) is 0 Å². The van der Waals surface area contributed by atoms with E-state index in [0.717, 1.165) is 5.69 Å². The Labute approximate surface area is 161 Å². The molecule has 148 valence electrons. The third-order valence-corrected chi connectivity index (χ3v) is 9.13. The quantitative estimate of drug-likeness (QED) is 0.782. The van der Waals surface area contributed by atoms with E-state index in [2.05, 4.69) is 37.6 Å². The molecule has 1 aliphatic carbocycles. The molecule has 2 atom stereocenters.